The quantitative estimate of drug-likeness (QED) is 0.744. The van der Waals surface area contributed by atoms with Crippen LogP contribution < -0.4 is 11.1 Å². The topological polar surface area (TPSA) is 75.4 Å². The molecular weight excluding hydrogens is 333 g/mol. The Morgan fingerprint density at radius 1 is 1.27 bits per heavy atom. The first-order chi connectivity index (χ1) is 12.4. The number of nitrogens with one attached hydrogen (secondary N) is 1. The van der Waals surface area contributed by atoms with Gasteiger partial charge in [-0.3, -0.25) is 9.59 Å². The molecule has 0 radical (unpaired) electrons. The fraction of sp³-hybridized carbons (Fsp3) is 0.600. The van der Waals surface area contributed by atoms with E-state index in [1.807, 2.05) is 13.8 Å². The number of nitrogens with two attached hydrogens (primary N) is 1. The summed E-state index contributed by atoms with van der Waals surface area (Å²) in [4.78, 5) is 26.5. The van der Waals surface area contributed by atoms with E-state index in [9.17, 15) is 14.0 Å². The maximum atomic E-state index is 13.9. The van der Waals surface area contributed by atoms with Gasteiger partial charge < -0.3 is 16.0 Å². The molecule has 3 N–H and O–H groups in total. The van der Waals surface area contributed by atoms with Gasteiger partial charge in [0.1, 0.15) is 5.82 Å². The Hall–Kier alpha value is -1.95. The normalized spacial score (nSPS) is 15.9. The molecular formula is C20H30FN3O2. The van der Waals surface area contributed by atoms with Crippen LogP contribution in [0.4, 0.5) is 4.39 Å². The molecule has 1 fully saturated rings. The number of nitrogens with zero attached hydrogens (tertiary/aromatic N) is 1. The lowest BCUT2D eigenvalue weighted by Crippen LogP contribution is -2.50. The fourth-order valence-electron chi connectivity index (χ4n) is 3.35. The van der Waals surface area contributed by atoms with Crippen LogP contribution in [0.5, 0.6) is 0 Å². The smallest absolute Gasteiger partial charge is 0.242 e. The number of hydrogen-bond acceptors (Lipinski definition) is 3. The first-order valence-electron chi connectivity index (χ1n) is 9.46. The number of amides is 2. The molecule has 144 valence electrons. The van der Waals surface area contributed by atoms with Crippen molar-refractivity contribution in [3.05, 3.63) is 35.6 Å². The second-order valence-corrected chi connectivity index (χ2v) is 7.35. The standard InChI is InChI=1S/C20H30FN3O2/c1-14(2)19(22)20(26)23-13-18(25)24(16-8-4-5-9-16)12-11-15-7-3-6-10-17(15)21/h3,6-7,10,14,16,19H,4-5,8-9,11-13,22H2,1-2H3,(H,23,26)/t19-/m0/s1. The number of hydrogen-bond donors (Lipinski definition) is 2. The Balaban J connectivity index is 1.96. The highest BCUT2D eigenvalue weighted by Gasteiger charge is 2.27. The first-order valence-corrected chi connectivity index (χ1v) is 9.46. The molecule has 6 heteroatoms. The third kappa shape index (κ3) is 5.53. The van der Waals surface area contributed by atoms with E-state index in [0.29, 0.717) is 18.5 Å². The van der Waals surface area contributed by atoms with Crippen LogP contribution in [0.2, 0.25) is 0 Å². The summed E-state index contributed by atoms with van der Waals surface area (Å²) in [6, 6.07) is 6.19. The van der Waals surface area contributed by atoms with Crippen LogP contribution in [0.15, 0.2) is 24.3 Å². The lowest BCUT2D eigenvalue weighted by atomic mass is 10.1. The van der Waals surface area contributed by atoms with Crippen molar-refractivity contribution >= 4 is 11.8 Å². The third-order valence-electron chi connectivity index (χ3n) is 5.10. The van der Waals surface area contributed by atoms with E-state index < -0.39 is 6.04 Å². The molecule has 1 saturated carbocycles. The average Bonchev–Trinajstić information content (AvgIpc) is 3.14. The van der Waals surface area contributed by atoms with Crippen LogP contribution in [0.3, 0.4) is 0 Å². The second kappa shape index (κ2) is 9.67. The summed E-state index contributed by atoms with van der Waals surface area (Å²) in [7, 11) is 0. The number of benzene rings is 1. The monoisotopic (exact) mass is 363 g/mol. The van der Waals surface area contributed by atoms with Crippen molar-refractivity contribution in [1.29, 1.82) is 0 Å². The van der Waals surface area contributed by atoms with E-state index >= 15 is 0 Å². The van der Waals surface area contributed by atoms with Crippen molar-refractivity contribution in [2.24, 2.45) is 11.7 Å². The van der Waals surface area contributed by atoms with Crippen LogP contribution >= 0.6 is 0 Å². The van der Waals surface area contributed by atoms with Gasteiger partial charge in [0.05, 0.1) is 12.6 Å². The number of carbonyl (C=O) groups is 2. The molecule has 0 aromatic heterocycles. The molecule has 5 nitrogen and oxygen atoms in total. The molecule has 2 amide bonds. The zero-order valence-electron chi connectivity index (χ0n) is 15.7. The van der Waals surface area contributed by atoms with Crippen molar-refractivity contribution in [2.75, 3.05) is 13.1 Å². The third-order valence-corrected chi connectivity index (χ3v) is 5.10. The first kappa shape index (κ1) is 20.4. The lowest BCUT2D eigenvalue weighted by molar-refractivity contribution is -0.135. The summed E-state index contributed by atoms with van der Waals surface area (Å²) in [5.74, 6) is -0.675. The van der Waals surface area contributed by atoms with Crippen LogP contribution in [0.1, 0.15) is 45.1 Å². The largest absolute Gasteiger partial charge is 0.346 e. The predicted molar refractivity (Wildman–Crippen MR) is 99.9 cm³/mol. The molecule has 0 unspecified atom stereocenters. The molecule has 1 aromatic carbocycles. The van der Waals surface area contributed by atoms with Crippen LogP contribution in [-0.2, 0) is 16.0 Å². The number of carbonyl (C=O) groups excluding carboxylic acids is 2. The molecule has 0 bridgehead atoms. The molecule has 1 aromatic rings. The molecule has 1 aliphatic carbocycles. The minimum atomic E-state index is -0.624. The molecule has 1 atom stereocenters. The van der Waals surface area contributed by atoms with Crippen LogP contribution in [0.25, 0.3) is 0 Å². The summed E-state index contributed by atoms with van der Waals surface area (Å²) in [6.45, 7) is 4.13. The molecule has 0 spiro atoms. The van der Waals surface area contributed by atoms with E-state index in [1.54, 1.807) is 23.1 Å². The summed E-state index contributed by atoms with van der Waals surface area (Å²) < 4.78 is 13.9. The number of rotatable bonds is 8. The lowest BCUT2D eigenvalue weighted by Gasteiger charge is -2.29. The highest BCUT2D eigenvalue weighted by atomic mass is 19.1. The van der Waals surface area contributed by atoms with Crippen molar-refractivity contribution in [3.8, 4) is 0 Å². The van der Waals surface area contributed by atoms with Crippen LogP contribution in [-0.4, -0.2) is 41.9 Å². The molecule has 26 heavy (non-hydrogen) atoms. The Morgan fingerprint density at radius 3 is 2.54 bits per heavy atom. The zero-order valence-corrected chi connectivity index (χ0v) is 15.7. The van der Waals surface area contributed by atoms with E-state index in [-0.39, 0.29) is 36.1 Å². The summed E-state index contributed by atoms with van der Waals surface area (Å²) in [5, 5.41) is 2.65. The van der Waals surface area contributed by atoms with Gasteiger partial charge in [0.15, 0.2) is 0 Å². The summed E-state index contributed by atoms with van der Waals surface area (Å²) in [6.07, 6.45) is 4.58. The van der Waals surface area contributed by atoms with Gasteiger partial charge in [0.25, 0.3) is 0 Å². The highest BCUT2D eigenvalue weighted by molar-refractivity contribution is 5.87. The highest BCUT2D eigenvalue weighted by Crippen LogP contribution is 2.24. The van der Waals surface area contributed by atoms with Crippen molar-refractivity contribution in [1.82, 2.24) is 10.2 Å². The molecule has 2 rings (SSSR count). The Kier molecular flexibility index (Phi) is 7.57. The van der Waals surface area contributed by atoms with Gasteiger partial charge in [-0.1, -0.05) is 44.9 Å². The van der Waals surface area contributed by atoms with Gasteiger partial charge in [-0.2, -0.15) is 0 Å². The van der Waals surface area contributed by atoms with E-state index in [0.717, 1.165) is 25.7 Å². The maximum absolute atomic E-state index is 13.9. The van der Waals surface area contributed by atoms with E-state index in [1.165, 1.54) is 6.07 Å². The van der Waals surface area contributed by atoms with E-state index in [4.69, 9.17) is 5.73 Å². The summed E-state index contributed by atoms with van der Waals surface area (Å²) >= 11 is 0. The Morgan fingerprint density at radius 2 is 1.92 bits per heavy atom. The van der Waals surface area contributed by atoms with Gasteiger partial charge in [0.2, 0.25) is 11.8 Å². The van der Waals surface area contributed by atoms with Gasteiger partial charge in [-0.15, -0.1) is 0 Å². The second-order valence-electron chi connectivity index (χ2n) is 7.35. The Labute approximate surface area is 155 Å². The van der Waals surface area contributed by atoms with Crippen molar-refractivity contribution in [2.45, 2.75) is 58.0 Å². The maximum Gasteiger partial charge on any atom is 0.242 e. The Bertz CT molecular complexity index is 615. The van der Waals surface area contributed by atoms with Crippen molar-refractivity contribution in [3.63, 3.8) is 0 Å². The van der Waals surface area contributed by atoms with Gasteiger partial charge in [0, 0.05) is 12.6 Å². The van der Waals surface area contributed by atoms with Gasteiger partial charge >= 0.3 is 0 Å². The molecule has 1 aliphatic rings. The number of halogens is 1. The van der Waals surface area contributed by atoms with Gasteiger partial charge in [-0.25, -0.2) is 4.39 Å². The van der Waals surface area contributed by atoms with E-state index in [2.05, 4.69) is 5.32 Å². The zero-order chi connectivity index (χ0) is 19.1. The molecule has 0 saturated heterocycles. The summed E-state index contributed by atoms with van der Waals surface area (Å²) in [5.41, 5.74) is 6.42. The average molecular weight is 363 g/mol. The SMILES string of the molecule is CC(C)[C@H](N)C(=O)NCC(=O)N(CCc1ccccc1F)C1CCCC1. The minimum Gasteiger partial charge on any atom is -0.346 e. The van der Waals surface area contributed by atoms with Crippen molar-refractivity contribution < 1.29 is 14.0 Å². The molecule has 0 heterocycles. The fourth-order valence-corrected chi connectivity index (χ4v) is 3.35. The minimum absolute atomic E-state index is 0.0112. The predicted octanol–water partition coefficient (Wildman–Crippen LogP) is 2.24. The van der Waals surface area contributed by atoms with Crippen LogP contribution in [0, 0.1) is 11.7 Å². The molecule has 0 aliphatic heterocycles. The van der Waals surface area contributed by atoms with Gasteiger partial charge in [-0.05, 0) is 36.8 Å².